The van der Waals surface area contributed by atoms with Crippen molar-refractivity contribution in [3.63, 3.8) is 0 Å². The van der Waals surface area contributed by atoms with Gasteiger partial charge in [0.05, 0.1) is 12.6 Å². The van der Waals surface area contributed by atoms with Crippen LogP contribution >= 0.6 is 0 Å². The maximum atomic E-state index is 10.1. The molecule has 0 saturated heterocycles. The van der Waals surface area contributed by atoms with Crippen LogP contribution in [0.25, 0.3) is 0 Å². The van der Waals surface area contributed by atoms with E-state index in [0.29, 0.717) is 6.54 Å². The van der Waals surface area contributed by atoms with Crippen molar-refractivity contribution in [1.82, 2.24) is 0 Å². The van der Waals surface area contributed by atoms with Gasteiger partial charge in [0, 0.05) is 0 Å². The summed E-state index contributed by atoms with van der Waals surface area (Å²) in [5.41, 5.74) is -0.0660. The van der Waals surface area contributed by atoms with Crippen molar-refractivity contribution in [2.24, 2.45) is 21.3 Å². The zero-order chi connectivity index (χ0) is 11.9. The molecule has 0 aromatic carbocycles. The molecule has 0 heterocycles. The van der Waals surface area contributed by atoms with Crippen molar-refractivity contribution >= 4 is 12.2 Å². The van der Waals surface area contributed by atoms with Gasteiger partial charge in [-0.15, -0.1) is 0 Å². The Labute approximate surface area is 90.5 Å². The molecule has 0 radical (unpaired) electrons. The van der Waals surface area contributed by atoms with E-state index in [0.717, 1.165) is 6.42 Å². The van der Waals surface area contributed by atoms with E-state index in [-0.39, 0.29) is 17.4 Å². The van der Waals surface area contributed by atoms with Crippen LogP contribution in [0, 0.1) is 11.3 Å². The highest BCUT2D eigenvalue weighted by Gasteiger charge is 2.23. The summed E-state index contributed by atoms with van der Waals surface area (Å²) < 4.78 is 0. The minimum absolute atomic E-state index is 0.0398. The van der Waals surface area contributed by atoms with Gasteiger partial charge in [-0.1, -0.05) is 20.8 Å². The lowest BCUT2D eigenvalue weighted by Gasteiger charge is -2.27. The van der Waals surface area contributed by atoms with Crippen molar-refractivity contribution in [3.8, 4) is 0 Å². The van der Waals surface area contributed by atoms with Crippen molar-refractivity contribution in [3.05, 3.63) is 0 Å². The fourth-order valence-corrected chi connectivity index (χ4v) is 1.56. The first-order chi connectivity index (χ1) is 6.93. The van der Waals surface area contributed by atoms with E-state index in [9.17, 15) is 9.59 Å². The molecule has 0 aromatic rings. The Kier molecular flexibility index (Phi) is 5.76. The molecule has 2 atom stereocenters. The van der Waals surface area contributed by atoms with Crippen LogP contribution < -0.4 is 0 Å². The zero-order valence-corrected chi connectivity index (χ0v) is 9.78. The molecule has 0 aliphatic carbocycles. The second-order valence-electron chi connectivity index (χ2n) is 4.71. The molecule has 4 heteroatoms. The molecule has 15 heavy (non-hydrogen) atoms. The summed E-state index contributed by atoms with van der Waals surface area (Å²) in [6.45, 7) is 8.42. The molecule has 4 nitrogen and oxygen atoms in total. The number of hydrogen-bond acceptors (Lipinski definition) is 4. The molecule has 0 N–H and O–H groups in total. The normalized spacial score (nSPS) is 14.7. The number of hydrogen-bond donors (Lipinski definition) is 0. The Bertz CT molecular complexity index is 287. The van der Waals surface area contributed by atoms with Crippen LogP contribution in [-0.4, -0.2) is 24.7 Å². The number of isocyanates is 2. The second-order valence-corrected chi connectivity index (χ2v) is 4.71. The fourth-order valence-electron chi connectivity index (χ4n) is 1.56. The lowest BCUT2D eigenvalue weighted by atomic mass is 9.81. The molecule has 0 rings (SSSR count). The molecule has 84 valence electrons. The van der Waals surface area contributed by atoms with Crippen LogP contribution in [-0.2, 0) is 9.59 Å². The Morgan fingerprint density at radius 2 is 1.80 bits per heavy atom. The molecule has 0 bridgehead atoms. The van der Waals surface area contributed by atoms with Crippen LogP contribution in [0.1, 0.15) is 34.1 Å². The molecule has 2 unspecified atom stereocenters. The molecule has 0 aromatic heterocycles. The molecule has 0 fully saturated rings. The summed E-state index contributed by atoms with van der Waals surface area (Å²) >= 11 is 0. The molecular formula is C11H18N2O2. The summed E-state index contributed by atoms with van der Waals surface area (Å²) in [7, 11) is 0. The molecule has 0 spiro atoms. The fraction of sp³-hybridized carbons (Fsp3) is 0.818. The first-order valence-electron chi connectivity index (χ1n) is 5.03. The van der Waals surface area contributed by atoms with Crippen molar-refractivity contribution in [2.45, 2.75) is 40.2 Å². The van der Waals surface area contributed by atoms with E-state index in [1.54, 1.807) is 12.2 Å². The predicted octanol–water partition coefficient (Wildman–Crippen LogP) is 2.10. The summed E-state index contributed by atoms with van der Waals surface area (Å²) in [6, 6.07) is -0.0398. The van der Waals surface area contributed by atoms with E-state index in [4.69, 9.17) is 0 Å². The zero-order valence-electron chi connectivity index (χ0n) is 9.78. The van der Waals surface area contributed by atoms with Gasteiger partial charge in [-0.2, -0.15) is 0 Å². The van der Waals surface area contributed by atoms with E-state index in [1.165, 1.54) is 0 Å². The first kappa shape index (κ1) is 13.8. The highest BCUT2D eigenvalue weighted by atomic mass is 16.1. The summed E-state index contributed by atoms with van der Waals surface area (Å²) in [5.74, 6) is 0.267. The third-order valence-corrected chi connectivity index (χ3v) is 2.53. The third kappa shape index (κ3) is 5.95. The SMILES string of the molecule is CC(CC(C)(C)CN=C=O)C(C)N=C=O. The van der Waals surface area contributed by atoms with Gasteiger partial charge in [0.25, 0.3) is 0 Å². The maximum absolute atomic E-state index is 10.1. The smallest absolute Gasteiger partial charge is 0.211 e. The van der Waals surface area contributed by atoms with Crippen LogP contribution in [0.2, 0.25) is 0 Å². The minimum atomic E-state index is -0.0660. The van der Waals surface area contributed by atoms with Crippen molar-refractivity contribution in [2.75, 3.05) is 6.54 Å². The summed E-state index contributed by atoms with van der Waals surface area (Å²) in [6.07, 6.45) is 3.96. The monoisotopic (exact) mass is 210 g/mol. The molecule has 0 amide bonds. The Morgan fingerprint density at radius 1 is 1.20 bits per heavy atom. The number of nitrogens with zero attached hydrogens (tertiary/aromatic N) is 2. The minimum Gasteiger partial charge on any atom is -0.211 e. The largest absolute Gasteiger partial charge is 0.235 e. The van der Waals surface area contributed by atoms with Gasteiger partial charge in [-0.25, -0.2) is 19.6 Å². The lowest BCUT2D eigenvalue weighted by molar-refractivity contribution is 0.267. The van der Waals surface area contributed by atoms with Gasteiger partial charge < -0.3 is 0 Å². The Morgan fingerprint density at radius 3 is 2.27 bits per heavy atom. The first-order valence-corrected chi connectivity index (χ1v) is 5.03. The van der Waals surface area contributed by atoms with Crippen LogP contribution in [0.5, 0.6) is 0 Å². The van der Waals surface area contributed by atoms with E-state index < -0.39 is 0 Å². The van der Waals surface area contributed by atoms with Gasteiger partial charge in [0.2, 0.25) is 12.2 Å². The Hall–Kier alpha value is -1.24. The van der Waals surface area contributed by atoms with E-state index >= 15 is 0 Å². The predicted molar refractivity (Wildman–Crippen MR) is 58.1 cm³/mol. The average Bonchev–Trinajstić information content (AvgIpc) is 2.14. The number of aliphatic imine (C=N–C) groups is 2. The molecule has 0 aliphatic heterocycles. The van der Waals surface area contributed by atoms with Crippen LogP contribution in [0.3, 0.4) is 0 Å². The number of carbonyl (C=O) groups excluding carboxylic acids is 2. The second kappa shape index (κ2) is 6.28. The molecule has 0 aliphatic rings. The van der Waals surface area contributed by atoms with Crippen molar-refractivity contribution < 1.29 is 9.59 Å². The van der Waals surface area contributed by atoms with Gasteiger partial charge in [-0.05, 0) is 24.7 Å². The third-order valence-electron chi connectivity index (χ3n) is 2.53. The summed E-state index contributed by atoms with van der Waals surface area (Å²) in [5, 5.41) is 0. The van der Waals surface area contributed by atoms with Gasteiger partial charge in [0.15, 0.2) is 0 Å². The van der Waals surface area contributed by atoms with Gasteiger partial charge >= 0.3 is 0 Å². The van der Waals surface area contributed by atoms with Gasteiger partial charge in [-0.3, -0.25) is 0 Å². The lowest BCUT2D eigenvalue weighted by Crippen LogP contribution is -2.24. The van der Waals surface area contributed by atoms with E-state index in [2.05, 4.69) is 9.98 Å². The topological polar surface area (TPSA) is 58.9 Å². The van der Waals surface area contributed by atoms with Crippen molar-refractivity contribution in [1.29, 1.82) is 0 Å². The Balaban J connectivity index is 4.30. The molecular weight excluding hydrogens is 192 g/mol. The maximum Gasteiger partial charge on any atom is 0.235 e. The van der Waals surface area contributed by atoms with E-state index in [1.807, 2.05) is 27.7 Å². The summed E-state index contributed by atoms with van der Waals surface area (Å²) in [4.78, 5) is 27.4. The highest BCUT2D eigenvalue weighted by Crippen LogP contribution is 2.28. The quantitative estimate of drug-likeness (QED) is 0.498. The molecule has 0 saturated carbocycles. The van der Waals surface area contributed by atoms with Crippen LogP contribution in [0.15, 0.2) is 9.98 Å². The highest BCUT2D eigenvalue weighted by molar-refractivity contribution is 5.33. The average molecular weight is 210 g/mol. The number of rotatable bonds is 6. The van der Waals surface area contributed by atoms with Crippen LogP contribution in [0.4, 0.5) is 0 Å². The standard InChI is InChI=1S/C11H18N2O2/c1-9(10(2)13-8-15)5-11(3,4)6-12-7-14/h9-10H,5-6H2,1-4H3. The van der Waals surface area contributed by atoms with Gasteiger partial charge in [0.1, 0.15) is 0 Å².